The van der Waals surface area contributed by atoms with E-state index in [0.717, 1.165) is 11.8 Å². The van der Waals surface area contributed by atoms with Crippen molar-refractivity contribution in [3.05, 3.63) is 41.1 Å². The Hall–Kier alpha value is -2.43. The quantitative estimate of drug-likeness (QED) is 0.837. The van der Waals surface area contributed by atoms with Gasteiger partial charge in [-0.1, -0.05) is 17.7 Å². The predicted molar refractivity (Wildman–Crippen MR) is 65.7 cm³/mol. The molecule has 0 aliphatic heterocycles. The van der Waals surface area contributed by atoms with Crippen LogP contribution in [-0.2, 0) is 7.05 Å². The van der Waals surface area contributed by atoms with Crippen molar-refractivity contribution in [3.63, 3.8) is 0 Å². The molecule has 1 N–H and O–H groups in total. The maximum absolute atomic E-state index is 11.1. The molecule has 2 rings (SSSR count). The number of aldehydes is 1. The number of aromatic nitrogens is 2. The van der Waals surface area contributed by atoms with E-state index in [0.29, 0.717) is 16.8 Å². The molecular formula is C13H12N2O3. The van der Waals surface area contributed by atoms with E-state index in [1.165, 1.54) is 10.7 Å². The molecule has 0 atom stereocenters. The lowest BCUT2D eigenvalue weighted by Crippen LogP contribution is -1.99. The lowest BCUT2D eigenvalue weighted by molar-refractivity contribution is 0.0689. The van der Waals surface area contributed by atoms with Crippen LogP contribution in [0.4, 0.5) is 0 Å². The SMILES string of the molecule is Cc1ccc(-c2cc(C(=O)O)nn2C)c(C=O)c1. The summed E-state index contributed by atoms with van der Waals surface area (Å²) in [6, 6.07) is 6.88. The number of rotatable bonds is 3. The van der Waals surface area contributed by atoms with Gasteiger partial charge in [-0.25, -0.2) is 4.79 Å². The number of aryl methyl sites for hydroxylation is 2. The molecule has 18 heavy (non-hydrogen) atoms. The minimum Gasteiger partial charge on any atom is -0.476 e. The standard InChI is InChI=1S/C13H12N2O3/c1-8-3-4-10(9(5-8)7-16)12-6-11(13(17)18)14-15(12)2/h3-7H,1-2H3,(H,17,18). The summed E-state index contributed by atoms with van der Waals surface area (Å²) in [5.74, 6) is -1.09. The Morgan fingerprint density at radius 1 is 1.39 bits per heavy atom. The van der Waals surface area contributed by atoms with E-state index in [1.807, 2.05) is 13.0 Å². The zero-order valence-electron chi connectivity index (χ0n) is 10.0. The van der Waals surface area contributed by atoms with Gasteiger partial charge >= 0.3 is 5.97 Å². The van der Waals surface area contributed by atoms with E-state index in [4.69, 9.17) is 5.11 Å². The van der Waals surface area contributed by atoms with Gasteiger partial charge in [-0.2, -0.15) is 5.10 Å². The number of carbonyl (C=O) groups is 2. The van der Waals surface area contributed by atoms with Crippen LogP contribution in [-0.4, -0.2) is 27.1 Å². The van der Waals surface area contributed by atoms with Crippen LogP contribution in [0.15, 0.2) is 24.3 Å². The summed E-state index contributed by atoms with van der Waals surface area (Å²) in [5, 5.41) is 12.8. The van der Waals surface area contributed by atoms with Crippen molar-refractivity contribution in [1.29, 1.82) is 0 Å². The second-order valence-electron chi connectivity index (χ2n) is 4.05. The highest BCUT2D eigenvalue weighted by atomic mass is 16.4. The van der Waals surface area contributed by atoms with Gasteiger partial charge in [-0.15, -0.1) is 0 Å². The van der Waals surface area contributed by atoms with Gasteiger partial charge in [-0.3, -0.25) is 9.48 Å². The molecule has 0 unspecified atom stereocenters. The molecule has 0 aliphatic carbocycles. The number of aromatic carboxylic acids is 1. The Balaban J connectivity index is 2.61. The summed E-state index contributed by atoms with van der Waals surface area (Å²) in [4.78, 5) is 21.9. The van der Waals surface area contributed by atoms with Crippen LogP contribution >= 0.6 is 0 Å². The Morgan fingerprint density at radius 2 is 2.11 bits per heavy atom. The maximum Gasteiger partial charge on any atom is 0.356 e. The van der Waals surface area contributed by atoms with Gasteiger partial charge in [0.2, 0.25) is 0 Å². The number of nitrogens with zero attached hydrogens (tertiary/aromatic N) is 2. The molecule has 0 aliphatic rings. The molecule has 92 valence electrons. The van der Waals surface area contributed by atoms with Crippen molar-refractivity contribution < 1.29 is 14.7 Å². The van der Waals surface area contributed by atoms with Crippen LogP contribution in [0.5, 0.6) is 0 Å². The molecule has 0 spiro atoms. The minimum absolute atomic E-state index is 0.0371. The average molecular weight is 244 g/mol. The summed E-state index contributed by atoms with van der Waals surface area (Å²) >= 11 is 0. The van der Waals surface area contributed by atoms with Crippen LogP contribution in [0.3, 0.4) is 0 Å². The Kier molecular flexibility index (Phi) is 2.97. The highest BCUT2D eigenvalue weighted by molar-refractivity contribution is 5.90. The third kappa shape index (κ3) is 2.02. The molecule has 0 bridgehead atoms. The minimum atomic E-state index is -1.09. The van der Waals surface area contributed by atoms with Gasteiger partial charge in [0, 0.05) is 18.2 Å². The van der Waals surface area contributed by atoms with E-state index >= 15 is 0 Å². The summed E-state index contributed by atoms with van der Waals surface area (Å²) in [7, 11) is 1.65. The fraction of sp³-hybridized carbons (Fsp3) is 0.154. The van der Waals surface area contributed by atoms with Gasteiger partial charge < -0.3 is 5.11 Å². The zero-order valence-corrected chi connectivity index (χ0v) is 10.0. The summed E-state index contributed by atoms with van der Waals surface area (Å²) in [6.45, 7) is 1.89. The fourth-order valence-corrected chi connectivity index (χ4v) is 1.84. The lowest BCUT2D eigenvalue weighted by Gasteiger charge is -2.05. The Bertz CT molecular complexity index is 629. The number of carbonyl (C=O) groups excluding carboxylic acids is 1. The molecule has 1 aromatic heterocycles. The number of hydrogen-bond acceptors (Lipinski definition) is 3. The van der Waals surface area contributed by atoms with Gasteiger partial charge in [0.1, 0.15) is 0 Å². The lowest BCUT2D eigenvalue weighted by atomic mass is 10.0. The summed E-state index contributed by atoms with van der Waals surface area (Å²) in [5.41, 5.74) is 2.74. The monoisotopic (exact) mass is 244 g/mol. The van der Waals surface area contributed by atoms with E-state index < -0.39 is 5.97 Å². The van der Waals surface area contributed by atoms with Crippen molar-refractivity contribution in [2.75, 3.05) is 0 Å². The first-order valence-electron chi connectivity index (χ1n) is 5.36. The second-order valence-corrected chi connectivity index (χ2v) is 4.05. The average Bonchev–Trinajstić information content (AvgIpc) is 2.71. The highest BCUT2D eigenvalue weighted by Gasteiger charge is 2.14. The fourth-order valence-electron chi connectivity index (χ4n) is 1.84. The maximum atomic E-state index is 11.1. The molecule has 0 saturated carbocycles. The third-order valence-electron chi connectivity index (χ3n) is 2.71. The van der Waals surface area contributed by atoms with Crippen molar-refractivity contribution in [3.8, 4) is 11.3 Å². The largest absolute Gasteiger partial charge is 0.476 e. The number of carboxylic acid groups (broad SMARTS) is 1. The molecule has 5 nitrogen and oxygen atoms in total. The van der Waals surface area contributed by atoms with Gasteiger partial charge in [0.25, 0.3) is 0 Å². The Labute approximate surface area is 104 Å². The van der Waals surface area contributed by atoms with Crippen molar-refractivity contribution >= 4 is 12.3 Å². The van der Waals surface area contributed by atoms with E-state index in [9.17, 15) is 9.59 Å². The van der Waals surface area contributed by atoms with Gasteiger partial charge in [-0.05, 0) is 19.1 Å². The second kappa shape index (κ2) is 4.44. The normalized spacial score (nSPS) is 10.3. The number of benzene rings is 1. The molecule has 1 heterocycles. The van der Waals surface area contributed by atoms with Gasteiger partial charge in [0.15, 0.2) is 12.0 Å². The van der Waals surface area contributed by atoms with Crippen molar-refractivity contribution in [2.24, 2.45) is 7.05 Å². The molecule has 0 amide bonds. The summed E-state index contributed by atoms with van der Waals surface area (Å²) in [6.07, 6.45) is 0.760. The first kappa shape index (κ1) is 12.0. The number of hydrogen-bond donors (Lipinski definition) is 1. The third-order valence-corrected chi connectivity index (χ3v) is 2.71. The molecule has 5 heteroatoms. The van der Waals surface area contributed by atoms with Crippen LogP contribution in [0, 0.1) is 6.92 Å². The molecular weight excluding hydrogens is 232 g/mol. The van der Waals surface area contributed by atoms with E-state index in [-0.39, 0.29) is 5.69 Å². The molecule has 2 aromatic rings. The first-order valence-corrected chi connectivity index (χ1v) is 5.36. The number of carboxylic acids is 1. The first-order chi connectivity index (χ1) is 8.52. The van der Waals surface area contributed by atoms with Crippen molar-refractivity contribution in [2.45, 2.75) is 6.92 Å². The summed E-state index contributed by atoms with van der Waals surface area (Å²) < 4.78 is 1.46. The molecule has 0 saturated heterocycles. The molecule has 1 aromatic carbocycles. The zero-order chi connectivity index (χ0) is 13.3. The molecule has 0 radical (unpaired) electrons. The van der Waals surface area contributed by atoms with Crippen molar-refractivity contribution in [1.82, 2.24) is 9.78 Å². The van der Waals surface area contributed by atoms with Crippen LogP contribution < -0.4 is 0 Å². The van der Waals surface area contributed by atoms with Crippen LogP contribution in [0.2, 0.25) is 0 Å². The van der Waals surface area contributed by atoms with Crippen LogP contribution in [0.1, 0.15) is 26.4 Å². The predicted octanol–water partition coefficient (Wildman–Crippen LogP) is 1.91. The topological polar surface area (TPSA) is 72.2 Å². The van der Waals surface area contributed by atoms with E-state index in [1.54, 1.807) is 19.2 Å². The molecule has 0 fully saturated rings. The highest BCUT2D eigenvalue weighted by Crippen LogP contribution is 2.24. The Morgan fingerprint density at radius 3 is 2.67 bits per heavy atom. The smallest absolute Gasteiger partial charge is 0.356 e. The van der Waals surface area contributed by atoms with E-state index in [2.05, 4.69) is 5.10 Å². The van der Waals surface area contributed by atoms with Crippen LogP contribution in [0.25, 0.3) is 11.3 Å². The van der Waals surface area contributed by atoms with Gasteiger partial charge in [0.05, 0.1) is 5.69 Å².